The minimum atomic E-state index is 0.364. The van der Waals surface area contributed by atoms with Crippen molar-refractivity contribution >= 4 is 27.3 Å². The summed E-state index contributed by atoms with van der Waals surface area (Å²) in [5.41, 5.74) is 6.03. The summed E-state index contributed by atoms with van der Waals surface area (Å²) in [6, 6.07) is 3.14. The van der Waals surface area contributed by atoms with Crippen molar-refractivity contribution in [2.45, 2.75) is 25.4 Å². The average Bonchev–Trinajstić information content (AvgIpc) is 2.67. The molecular formula is C13H22BrN3S. The fraction of sp³-hybridized carbons (Fsp3) is 0.692. The highest BCUT2D eigenvalue weighted by Gasteiger charge is 2.27. The van der Waals surface area contributed by atoms with Crippen LogP contribution in [0.3, 0.4) is 0 Å². The van der Waals surface area contributed by atoms with E-state index in [0.717, 1.165) is 13.1 Å². The first-order valence-corrected chi connectivity index (χ1v) is 8.17. The van der Waals surface area contributed by atoms with Gasteiger partial charge in [0, 0.05) is 40.4 Å². The highest BCUT2D eigenvalue weighted by molar-refractivity contribution is 9.10. The molecule has 1 aliphatic rings. The molecule has 1 aromatic rings. The van der Waals surface area contributed by atoms with E-state index in [9.17, 15) is 0 Å². The maximum Gasteiger partial charge on any atom is 0.0567 e. The second-order valence-electron chi connectivity index (χ2n) is 5.12. The van der Waals surface area contributed by atoms with Gasteiger partial charge in [-0.25, -0.2) is 0 Å². The number of nitrogens with zero attached hydrogens (tertiary/aromatic N) is 2. The predicted octanol–water partition coefficient (Wildman–Crippen LogP) is 2.54. The predicted molar refractivity (Wildman–Crippen MR) is 82.1 cm³/mol. The third-order valence-electron chi connectivity index (χ3n) is 3.64. The van der Waals surface area contributed by atoms with Gasteiger partial charge >= 0.3 is 0 Å². The molecule has 0 radical (unpaired) electrons. The zero-order chi connectivity index (χ0) is 13.1. The fourth-order valence-electron chi connectivity index (χ4n) is 2.77. The van der Waals surface area contributed by atoms with E-state index in [4.69, 9.17) is 5.73 Å². The molecule has 1 fully saturated rings. The summed E-state index contributed by atoms with van der Waals surface area (Å²) in [7, 11) is 2.21. The van der Waals surface area contributed by atoms with Crippen LogP contribution in [0.15, 0.2) is 15.9 Å². The maximum absolute atomic E-state index is 6.03. The van der Waals surface area contributed by atoms with Crippen LogP contribution in [0.25, 0.3) is 0 Å². The zero-order valence-electron chi connectivity index (χ0n) is 11.1. The zero-order valence-corrected chi connectivity index (χ0v) is 13.5. The molecule has 0 bridgehead atoms. The highest BCUT2D eigenvalue weighted by atomic mass is 79.9. The van der Waals surface area contributed by atoms with E-state index < -0.39 is 0 Å². The summed E-state index contributed by atoms with van der Waals surface area (Å²) in [6.07, 6.45) is 1.23. The molecule has 5 heteroatoms. The molecule has 2 heterocycles. The summed E-state index contributed by atoms with van der Waals surface area (Å²) in [5.74, 6) is 0. The average molecular weight is 332 g/mol. The van der Waals surface area contributed by atoms with Crippen LogP contribution in [0.4, 0.5) is 0 Å². The summed E-state index contributed by atoms with van der Waals surface area (Å²) < 4.78 is 1.17. The molecule has 18 heavy (non-hydrogen) atoms. The molecular weight excluding hydrogens is 310 g/mol. The number of hydrogen-bond donors (Lipinski definition) is 1. The summed E-state index contributed by atoms with van der Waals surface area (Å²) in [6.45, 7) is 6.46. The van der Waals surface area contributed by atoms with E-state index in [1.54, 1.807) is 11.3 Å². The summed E-state index contributed by atoms with van der Waals surface area (Å²) in [4.78, 5) is 6.37. The molecule has 1 aliphatic heterocycles. The van der Waals surface area contributed by atoms with E-state index >= 15 is 0 Å². The normalized spacial score (nSPS) is 25.0. The molecule has 102 valence electrons. The molecule has 2 atom stereocenters. The van der Waals surface area contributed by atoms with E-state index in [1.807, 2.05) is 0 Å². The van der Waals surface area contributed by atoms with Crippen LogP contribution in [0, 0.1) is 0 Å². The van der Waals surface area contributed by atoms with Crippen LogP contribution in [-0.4, -0.2) is 49.1 Å². The number of halogens is 1. The monoisotopic (exact) mass is 331 g/mol. The first kappa shape index (κ1) is 14.5. The Hall–Kier alpha value is 0.0600. The largest absolute Gasteiger partial charge is 0.329 e. The Bertz CT molecular complexity index is 382. The third-order valence-corrected chi connectivity index (χ3v) is 5.43. The van der Waals surface area contributed by atoms with Gasteiger partial charge in [0.25, 0.3) is 0 Å². The van der Waals surface area contributed by atoms with Gasteiger partial charge in [0.05, 0.1) is 6.04 Å². The molecule has 2 unspecified atom stereocenters. The third kappa shape index (κ3) is 3.33. The van der Waals surface area contributed by atoms with Crippen molar-refractivity contribution < 1.29 is 0 Å². The van der Waals surface area contributed by atoms with Gasteiger partial charge in [-0.15, -0.1) is 11.3 Å². The van der Waals surface area contributed by atoms with Crippen molar-refractivity contribution in [3.8, 4) is 0 Å². The molecule has 2 rings (SSSR count). The van der Waals surface area contributed by atoms with Gasteiger partial charge < -0.3 is 10.6 Å². The van der Waals surface area contributed by atoms with Gasteiger partial charge in [-0.2, -0.15) is 0 Å². The number of likely N-dealkylation sites (N-methyl/N-ethyl adjacent to an activating group) is 1. The van der Waals surface area contributed by atoms with Crippen molar-refractivity contribution in [3.63, 3.8) is 0 Å². The van der Waals surface area contributed by atoms with Gasteiger partial charge in [-0.05, 0) is 48.9 Å². The Morgan fingerprint density at radius 2 is 2.33 bits per heavy atom. The van der Waals surface area contributed by atoms with Crippen LogP contribution in [0.1, 0.15) is 24.3 Å². The lowest BCUT2D eigenvalue weighted by Gasteiger charge is -2.34. The van der Waals surface area contributed by atoms with Crippen molar-refractivity contribution in [2.24, 2.45) is 5.73 Å². The molecule has 0 amide bonds. The Balaban J connectivity index is 2.15. The molecule has 1 saturated heterocycles. The lowest BCUT2D eigenvalue weighted by atomic mass is 10.1. The second kappa shape index (κ2) is 6.48. The van der Waals surface area contributed by atoms with Gasteiger partial charge in [-0.3, -0.25) is 4.90 Å². The van der Waals surface area contributed by atoms with Crippen LogP contribution in [0.2, 0.25) is 0 Å². The standard InChI is InChI=1S/C13H22BrN3S/c1-10-8-16(2)4-3-5-17(10)12(7-15)13-6-11(14)9-18-13/h6,9-10,12H,3-5,7-8,15H2,1-2H3. The van der Waals surface area contributed by atoms with Gasteiger partial charge in [0.1, 0.15) is 0 Å². The van der Waals surface area contributed by atoms with Crippen molar-refractivity contribution in [1.82, 2.24) is 9.80 Å². The highest BCUT2D eigenvalue weighted by Crippen LogP contribution is 2.31. The Labute approximate surface area is 122 Å². The maximum atomic E-state index is 6.03. The van der Waals surface area contributed by atoms with Crippen molar-refractivity contribution in [3.05, 3.63) is 20.8 Å². The molecule has 3 nitrogen and oxygen atoms in total. The lowest BCUT2D eigenvalue weighted by molar-refractivity contribution is 0.148. The summed E-state index contributed by atoms with van der Waals surface area (Å²) >= 11 is 5.34. The van der Waals surface area contributed by atoms with Crippen LogP contribution in [0.5, 0.6) is 0 Å². The van der Waals surface area contributed by atoms with Gasteiger partial charge in [0.15, 0.2) is 0 Å². The van der Waals surface area contributed by atoms with Crippen LogP contribution < -0.4 is 5.73 Å². The first-order valence-electron chi connectivity index (χ1n) is 6.50. The molecule has 0 aromatic carbocycles. The van der Waals surface area contributed by atoms with E-state index in [1.165, 1.54) is 22.3 Å². The quantitative estimate of drug-likeness (QED) is 0.923. The molecule has 0 saturated carbocycles. The topological polar surface area (TPSA) is 32.5 Å². The molecule has 1 aromatic heterocycles. The van der Waals surface area contributed by atoms with E-state index in [0.29, 0.717) is 18.6 Å². The van der Waals surface area contributed by atoms with E-state index in [-0.39, 0.29) is 0 Å². The Kier molecular flexibility index (Phi) is 5.21. The number of nitrogens with two attached hydrogens (primary N) is 1. The van der Waals surface area contributed by atoms with Crippen LogP contribution >= 0.6 is 27.3 Å². The van der Waals surface area contributed by atoms with E-state index in [2.05, 4.69) is 51.1 Å². The second-order valence-corrected chi connectivity index (χ2v) is 6.98. The Morgan fingerprint density at radius 3 is 2.94 bits per heavy atom. The van der Waals surface area contributed by atoms with Gasteiger partial charge in [0.2, 0.25) is 0 Å². The minimum Gasteiger partial charge on any atom is -0.329 e. The van der Waals surface area contributed by atoms with Crippen molar-refractivity contribution in [1.29, 1.82) is 0 Å². The molecule has 0 aliphatic carbocycles. The smallest absolute Gasteiger partial charge is 0.0567 e. The molecule has 2 N–H and O–H groups in total. The summed E-state index contributed by atoms with van der Waals surface area (Å²) in [5, 5.41) is 2.15. The number of thiophene rings is 1. The Morgan fingerprint density at radius 1 is 1.56 bits per heavy atom. The van der Waals surface area contributed by atoms with Gasteiger partial charge in [-0.1, -0.05) is 0 Å². The number of hydrogen-bond acceptors (Lipinski definition) is 4. The fourth-order valence-corrected chi connectivity index (χ4v) is 4.35. The van der Waals surface area contributed by atoms with Crippen molar-refractivity contribution in [2.75, 3.05) is 33.2 Å². The SMILES string of the molecule is CC1CN(C)CCCN1C(CN)c1cc(Br)cs1. The minimum absolute atomic E-state index is 0.364. The lowest BCUT2D eigenvalue weighted by Crippen LogP contribution is -2.42. The molecule has 0 spiro atoms. The van der Waals surface area contributed by atoms with Crippen LogP contribution in [-0.2, 0) is 0 Å². The first-order chi connectivity index (χ1) is 8.61. The number of rotatable bonds is 3.